The van der Waals surface area contributed by atoms with Crippen molar-refractivity contribution in [2.24, 2.45) is 0 Å². The van der Waals surface area contributed by atoms with Crippen LogP contribution in [0.2, 0.25) is 0 Å². The molecule has 4 heteroatoms. The molecule has 0 aliphatic carbocycles. The summed E-state index contributed by atoms with van der Waals surface area (Å²) in [7, 11) is 0. The molecule has 3 aromatic rings. The molecule has 1 aromatic heterocycles. The summed E-state index contributed by atoms with van der Waals surface area (Å²) in [5.74, 6) is 0. The number of aryl methyl sites for hydroxylation is 1. The van der Waals surface area contributed by atoms with Gasteiger partial charge in [0.2, 0.25) is 0 Å². The van der Waals surface area contributed by atoms with Crippen LogP contribution < -0.4 is 0 Å². The molecular weight excluding hydrogens is 346 g/mol. The molecule has 1 aliphatic heterocycles. The molecule has 28 heavy (non-hydrogen) atoms. The van der Waals surface area contributed by atoms with Gasteiger partial charge in [-0.15, -0.1) is 0 Å². The summed E-state index contributed by atoms with van der Waals surface area (Å²) in [6.07, 6.45) is 0.813. The van der Waals surface area contributed by atoms with Crippen LogP contribution in [-0.2, 0) is 13.1 Å². The van der Waals surface area contributed by atoms with Crippen molar-refractivity contribution < 1.29 is 5.11 Å². The molecule has 2 heterocycles. The number of fused-ring (bicyclic) bond motifs is 1. The smallest absolute Gasteiger partial charge is 0.0705 e. The lowest BCUT2D eigenvalue weighted by atomic mass is 10.0. The van der Waals surface area contributed by atoms with Crippen molar-refractivity contribution in [3.63, 3.8) is 0 Å². The Kier molecular flexibility index (Phi) is 6.01. The Morgan fingerprint density at radius 2 is 1.79 bits per heavy atom. The fourth-order valence-electron chi connectivity index (χ4n) is 4.16. The average molecular weight is 376 g/mol. The molecule has 4 nitrogen and oxygen atoms in total. The lowest BCUT2D eigenvalue weighted by molar-refractivity contribution is 0.0493. The van der Waals surface area contributed by atoms with E-state index in [0.29, 0.717) is 6.04 Å². The number of aliphatic hydroxyl groups is 1. The van der Waals surface area contributed by atoms with Crippen LogP contribution in [0, 0.1) is 6.92 Å². The molecule has 0 radical (unpaired) electrons. The molecule has 1 aliphatic rings. The van der Waals surface area contributed by atoms with E-state index < -0.39 is 0 Å². The molecule has 0 saturated carbocycles. The number of aromatic nitrogens is 1. The van der Waals surface area contributed by atoms with Gasteiger partial charge in [-0.05, 0) is 36.6 Å². The van der Waals surface area contributed by atoms with Gasteiger partial charge in [0.25, 0.3) is 0 Å². The second kappa shape index (κ2) is 8.82. The van der Waals surface area contributed by atoms with E-state index in [9.17, 15) is 5.11 Å². The monoisotopic (exact) mass is 375 g/mol. The van der Waals surface area contributed by atoms with Crippen molar-refractivity contribution >= 4 is 10.9 Å². The fraction of sp³-hybridized carbons (Fsp3) is 0.375. The third-order valence-corrected chi connectivity index (χ3v) is 5.83. The maximum atomic E-state index is 9.59. The van der Waals surface area contributed by atoms with E-state index >= 15 is 0 Å². The topological polar surface area (TPSA) is 39.6 Å². The highest BCUT2D eigenvalue weighted by Gasteiger charge is 2.27. The number of pyridine rings is 1. The minimum absolute atomic E-state index is 0.233. The van der Waals surface area contributed by atoms with E-state index in [4.69, 9.17) is 4.98 Å². The van der Waals surface area contributed by atoms with Crippen molar-refractivity contribution in [1.29, 1.82) is 0 Å². The highest BCUT2D eigenvalue weighted by molar-refractivity contribution is 5.78. The lowest BCUT2D eigenvalue weighted by Gasteiger charge is -2.41. The molecule has 0 amide bonds. The molecule has 1 N–H and O–H groups in total. The predicted octanol–water partition coefficient (Wildman–Crippen LogP) is 3.61. The van der Waals surface area contributed by atoms with Gasteiger partial charge in [0.05, 0.1) is 11.2 Å². The van der Waals surface area contributed by atoms with Crippen LogP contribution in [0.15, 0.2) is 60.7 Å². The van der Waals surface area contributed by atoms with Crippen LogP contribution in [0.3, 0.4) is 0 Å². The van der Waals surface area contributed by atoms with E-state index in [1.807, 2.05) is 6.07 Å². The Labute approximate surface area is 167 Å². The maximum Gasteiger partial charge on any atom is 0.0705 e. The number of rotatable bonds is 6. The molecule has 4 rings (SSSR count). The van der Waals surface area contributed by atoms with E-state index in [-0.39, 0.29) is 6.61 Å². The summed E-state index contributed by atoms with van der Waals surface area (Å²) in [4.78, 5) is 9.84. The minimum atomic E-state index is 0.233. The molecule has 1 fully saturated rings. The average Bonchev–Trinajstić information content (AvgIpc) is 2.71. The standard InChI is InChI=1S/C24H29N3O/c1-19-6-2-3-8-21(19)16-27-14-13-26(18-23(27)12-15-28)17-22-11-10-20-7-4-5-9-24(20)25-22/h2-11,23,28H,12-18H2,1H3. The van der Waals surface area contributed by atoms with E-state index in [0.717, 1.165) is 50.4 Å². The number of nitrogens with zero attached hydrogens (tertiary/aromatic N) is 3. The number of para-hydroxylation sites is 1. The van der Waals surface area contributed by atoms with Gasteiger partial charge in [-0.3, -0.25) is 14.8 Å². The summed E-state index contributed by atoms with van der Waals surface area (Å²) < 4.78 is 0. The van der Waals surface area contributed by atoms with Gasteiger partial charge in [0, 0.05) is 50.8 Å². The normalized spacial score (nSPS) is 18.6. The Morgan fingerprint density at radius 1 is 0.964 bits per heavy atom. The van der Waals surface area contributed by atoms with Crippen LogP contribution in [0.4, 0.5) is 0 Å². The van der Waals surface area contributed by atoms with Crippen molar-refractivity contribution in [2.45, 2.75) is 32.5 Å². The summed E-state index contributed by atoms with van der Waals surface area (Å²) in [6.45, 7) is 7.26. The predicted molar refractivity (Wildman–Crippen MR) is 114 cm³/mol. The highest BCUT2D eigenvalue weighted by Crippen LogP contribution is 2.20. The molecule has 2 aromatic carbocycles. The first-order chi connectivity index (χ1) is 13.7. The van der Waals surface area contributed by atoms with Gasteiger partial charge in [0.1, 0.15) is 0 Å². The molecular formula is C24H29N3O. The molecule has 1 atom stereocenters. The van der Waals surface area contributed by atoms with Crippen molar-refractivity contribution in [3.05, 3.63) is 77.5 Å². The van der Waals surface area contributed by atoms with E-state index in [1.54, 1.807) is 0 Å². The zero-order valence-corrected chi connectivity index (χ0v) is 16.6. The van der Waals surface area contributed by atoms with Gasteiger partial charge in [-0.1, -0.05) is 48.5 Å². The second-order valence-electron chi connectivity index (χ2n) is 7.79. The summed E-state index contributed by atoms with van der Waals surface area (Å²) in [5, 5.41) is 10.8. The number of hydrogen-bond donors (Lipinski definition) is 1. The van der Waals surface area contributed by atoms with Crippen molar-refractivity contribution in [3.8, 4) is 0 Å². The second-order valence-corrected chi connectivity index (χ2v) is 7.79. The van der Waals surface area contributed by atoms with Crippen LogP contribution in [0.25, 0.3) is 10.9 Å². The largest absolute Gasteiger partial charge is 0.396 e. The first-order valence-electron chi connectivity index (χ1n) is 10.2. The van der Waals surface area contributed by atoms with Gasteiger partial charge in [-0.25, -0.2) is 0 Å². The molecule has 0 spiro atoms. The minimum Gasteiger partial charge on any atom is -0.396 e. The summed E-state index contributed by atoms with van der Waals surface area (Å²) in [5.41, 5.74) is 4.90. The van der Waals surface area contributed by atoms with Gasteiger partial charge in [-0.2, -0.15) is 0 Å². The van der Waals surface area contributed by atoms with Crippen LogP contribution in [-0.4, -0.2) is 52.2 Å². The highest BCUT2D eigenvalue weighted by atomic mass is 16.3. The zero-order chi connectivity index (χ0) is 19.3. The first kappa shape index (κ1) is 19.1. The Bertz CT molecular complexity index is 926. The number of benzene rings is 2. The van der Waals surface area contributed by atoms with Gasteiger partial charge >= 0.3 is 0 Å². The van der Waals surface area contributed by atoms with Crippen LogP contribution in [0.1, 0.15) is 23.2 Å². The molecule has 1 saturated heterocycles. The van der Waals surface area contributed by atoms with Crippen LogP contribution >= 0.6 is 0 Å². The Hall–Kier alpha value is -2.27. The Balaban J connectivity index is 1.44. The summed E-state index contributed by atoms with van der Waals surface area (Å²) in [6, 6.07) is 21.6. The third kappa shape index (κ3) is 4.41. The number of aliphatic hydroxyl groups excluding tert-OH is 1. The van der Waals surface area contributed by atoms with Crippen molar-refractivity contribution in [2.75, 3.05) is 26.2 Å². The SMILES string of the molecule is Cc1ccccc1CN1CCN(Cc2ccc3ccccc3n2)CC1CCO. The Morgan fingerprint density at radius 3 is 2.64 bits per heavy atom. The lowest BCUT2D eigenvalue weighted by Crippen LogP contribution is -2.52. The van der Waals surface area contributed by atoms with E-state index in [1.165, 1.54) is 16.5 Å². The van der Waals surface area contributed by atoms with Crippen molar-refractivity contribution in [1.82, 2.24) is 14.8 Å². The van der Waals surface area contributed by atoms with Gasteiger partial charge < -0.3 is 5.11 Å². The first-order valence-corrected chi connectivity index (χ1v) is 10.2. The molecule has 1 unspecified atom stereocenters. The van der Waals surface area contributed by atoms with Gasteiger partial charge in [0.15, 0.2) is 0 Å². The third-order valence-electron chi connectivity index (χ3n) is 5.83. The quantitative estimate of drug-likeness (QED) is 0.714. The van der Waals surface area contributed by atoms with E-state index in [2.05, 4.69) is 71.3 Å². The zero-order valence-electron chi connectivity index (χ0n) is 16.6. The summed E-state index contributed by atoms with van der Waals surface area (Å²) >= 11 is 0. The number of piperazine rings is 1. The maximum absolute atomic E-state index is 9.59. The molecule has 0 bridgehead atoms. The fourth-order valence-corrected chi connectivity index (χ4v) is 4.16. The number of hydrogen-bond acceptors (Lipinski definition) is 4. The van der Waals surface area contributed by atoms with Crippen LogP contribution in [0.5, 0.6) is 0 Å². The molecule has 146 valence electrons.